The molecule has 1 saturated carbocycles. The highest BCUT2D eigenvalue weighted by atomic mass is 16.3. The van der Waals surface area contributed by atoms with E-state index in [2.05, 4.69) is 24.5 Å². The maximum atomic E-state index is 10.4. The zero-order valence-electron chi connectivity index (χ0n) is 17.2. The van der Waals surface area contributed by atoms with E-state index in [4.69, 9.17) is 0 Å². The third-order valence-corrected chi connectivity index (χ3v) is 6.04. The van der Waals surface area contributed by atoms with Crippen molar-refractivity contribution in [3.05, 3.63) is 58.7 Å². The first-order valence-corrected chi connectivity index (χ1v) is 10.7. The molecular weight excluding hydrogens is 348 g/mol. The van der Waals surface area contributed by atoms with Gasteiger partial charge in [-0.2, -0.15) is 0 Å². The van der Waals surface area contributed by atoms with Gasteiger partial charge in [0.25, 0.3) is 0 Å². The van der Waals surface area contributed by atoms with E-state index < -0.39 is 0 Å². The summed E-state index contributed by atoms with van der Waals surface area (Å²) in [5, 5.41) is 28.2. The van der Waals surface area contributed by atoms with Crippen molar-refractivity contribution < 1.29 is 10.2 Å². The van der Waals surface area contributed by atoms with Gasteiger partial charge in [0, 0.05) is 36.3 Å². The quantitative estimate of drug-likeness (QED) is 0.546. The SMILES string of the molecule is CCc1cccc(CNC2CCCC[C@@H]2NCc2cccc(CC)c2O)c1O. The molecule has 4 heteroatoms. The first kappa shape index (κ1) is 20.7. The lowest BCUT2D eigenvalue weighted by molar-refractivity contribution is 0.279. The summed E-state index contributed by atoms with van der Waals surface area (Å²) in [5.74, 6) is 0.859. The van der Waals surface area contributed by atoms with E-state index >= 15 is 0 Å². The van der Waals surface area contributed by atoms with E-state index in [9.17, 15) is 10.2 Å². The Kier molecular flexibility index (Phi) is 7.35. The number of rotatable bonds is 8. The summed E-state index contributed by atoms with van der Waals surface area (Å²) in [6.07, 6.45) is 6.40. The summed E-state index contributed by atoms with van der Waals surface area (Å²) < 4.78 is 0. The Labute approximate surface area is 169 Å². The second kappa shape index (κ2) is 9.94. The van der Waals surface area contributed by atoms with Crippen molar-refractivity contribution in [2.45, 2.75) is 77.5 Å². The van der Waals surface area contributed by atoms with E-state index in [1.165, 1.54) is 12.8 Å². The molecule has 152 valence electrons. The summed E-state index contributed by atoms with van der Waals surface area (Å²) >= 11 is 0. The van der Waals surface area contributed by atoms with Gasteiger partial charge in [0.2, 0.25) is 0 Å². The monoisotopic (exact) mass is 382 g/mol. The number of phenolic OH excluding ortho intramolecular Hbond substituents is 2. The van der Waals surface area contributed by atoms with Gasteiger partial charge in [0.05, 0.1) is 0 Å². The molecule has 1 unspecified atom stereocenters. The largest absolute Gasteiger partial charge is 0.507 e. The standard InChI is InChI=1S/C24H34N2O2/c1-3-17-9-7-11-19(23(17)27)15-25-21-13-5-6-14-22(21)26-16-20-12-8-10-18(4-2)24(20)28/h7-12,21-22,25-28H,3-6,13-16H2,1-2H3/t21-,22?/m0/s1. The van der Waals surface area contributed by atoms with Crippen LogP contribution in [0.1, 0.15) is 61.8 Å². The van der Waals surface area contributed by atoms with Gasteiger partial charge in [0.15, 0.2) is 0 Å². The molecule has 4 N–H and O–H groups in total. The minimum atomic E-state index is 0.370. The minimum absolute atomic E-state index is 0.370. The molecule has 0 aliphatic heterocycles. The fourth-order valence-electron chi connectivity index (χ4n) is 4.25. The van der Waals surface area contributed by atoms with Gasteiger partial charge in [-0.3, -0.25) is 0 Å². The third kappa shape index (κ3) is 4.86. The molecule has 28 heavy (non-hydrogen) atoms. The molecule has 0 spiro atoms. The highest BCUT2D eigenvalue weighted by molar-refractivity contribution is 5.41. The van der Waals surface area contributed by atoms with Crippen LogP contribution in [0.25, 0.3) is 0 Å². The van der Waals surface area contributed by atoms with Crippen LogP contribution in [0.15, 0.2) is 36.4 Å². The summed E-state index contributed by atoms with van der Waals surface area (Å²) in [6.45, 7) is 5.49. The predicted molar refractivity (Wildman–Crippen MR) is 115 cm³/mol. The van der Waals surface area contributed by atoms with Crippen molar-refractivity contribution in [2.24, 2.45) is 0 Å². The van der Waals surface area contributed by atoms with E-state index in [1.807, 2.05) is 36.4 Å². The number of hydrogen-bond donors (Lipinski definition) is 4. The fourth-order valence-corrected chi connectivity index (χ4v) is 4.25. The summed E-state index contributed by atoms with van der Waals surface area (Å²) in [6, 6.07) is 12.8. The molecule has 1 aliphatic carbocycles. The van der Waals surface area contributed by atoms with Crippen LogP contribution in [0.2, 0.25) is 0 Å². The van der Waals surface area contributed by atoms with Gasteiger partial charge in [-0.1, -0.05) is 63.1 Å². The van der Waals surface area contributed by atoms with Gasteiger partial charge >= 0.3 is 0 Å². The van der Waals surface area contributed by atoms with Gasteiger partial charge in [0.1, 0.15) is 11.5 Å². The van der Waals surface area contributed by atoms with Crippen LogP contribution in [0.3, 0.4) is 0 Å². The normalized spacial score (nSPS) is 19.6. The Balaban J connectivity index is 1.61. The van der Waals surface area contributed by atoms with Gasteiger partial charge in [-0.15, -0.1) is 0 Å². The topological polar surface area (TPSA) is 64.5 Å². The average molecular weight is 383 g/mol. The zero-order valence-corrected chi connectivity index (χ0v) is 17.2. The molecule has 3 rings (SSSR count). The Morgan fingerprint density at radius 1 is 0.714 bits per heavy atom. The Bertz CT molecular complexity index is 710. The van der Waals surface area contributed by atoms with Gasteiger partial charge in [-0.25, -0.2) is 0 Å². The second-order valence-electron chi connectivity index (χ2n) is 7.82. The van der Waals surface area contributed by atoms with Gasteiger partial charge < -0.3 is 20.8 Å². The Morgan fingerprint density at radius 2 is 1.11 bits per heavy atom. The van der Waals surface area contributed by atoms with E-state index in [0.29, 0.717) is 36.7 Å². The van der Waals surface area contributed by atoms with Crippen molar-refractivity contribution in [3.8, 4) is 11.5 Å². The van der Waals surface area contributed by atoms with Crippen molar-refractivity contribution in [1.82, 2.24) is 10.6 Å². The lowest BCUT2D eigenvalue weighted by Crippen LogP contribution is -2.49. The first-order chi connectivity index (χ1) is 13.6. The van der Waals surface area contributed by atoms with Crippen molar-refractivity contribution >= 4 is 0 Å². The lowest BCUT2D eigenvalue weighted by atomic mass is 9.89. The number of hydrogen-bond acceptors (Lipinski definition) is 4. The molecule has 0 radical (unpaired) electrons. The van der Waals surface area contributed by atoms with Crippen molar-refractivity contribution in [1.29, 1.82) is 0 Å². The number of aromatic hydroxyl groups is 2. The first-order valence-electron chi connectivity index (χ1n) is 10.7. The van der Waals surface area contributed by atoms with Crippen LogP contribution in [0, 0.1) is 0 Å². The molecule has 0 aromatic heterocycles. The number of para-hydroxylation sites is 2. The van der Waals surface area contributed by atoms with Crippen molar-refractivity contribution in [3.63, 3.8) is 0 Å². The molecule has 2 aromatic carbocycles. The van der Waals surface area contributed by atoms with Crippen LogP contribution in [-0.2, 0) is 25.9 Å². The average Bonchev–Trinajstić information content (AvgIpc) is 2.73. The van der Waals surface area contributed by atoms with Gasteiger partial charge in [-0.05, 0) is 36.8 Å². The van der Waals surface area contributed by atoms with E-state index in [-0.39, 0.29) is 0 Å². The minimum Gasteiger partial charge on any atom is -0.507 e. The predicted octanol–water partition coefficient (Wildman–Crippen LogP) is 4.41. The zero-order chi connectivity index (χ0) is 19.9. The molecule has 0 amide bonds. The van der Waals surface area contributed by atoms with E-state index in [1.54, 1.807) is 0 Å². The smallest absolute Gasteiger partial charge is 0.123 e. The van der Waals surface area contributed by atoms with Crippen LogP contribution in [0.4, 0.5) is 0 Å². The molecule has 0 heterocycles. The summed E-state index contributed by atoms with van der Waals surface area (Å²) in [4.78, 5) is 0. The maximum absolute atomic E-state index is 10.4. The highest BCUT2D eigenvalue weighted by Gasteiger charge is 2.25. The molecular formula is C24H34N2O2. The number of aryl methyl sites for hydroxylation is 2. The second-order valence-corrected chi connectivity index (χ2v) is 7.82. The third-order valence-electron chi connectivity index (χ3n) is 6.04. The van der Waals surface area contributed by atoms with Crippen LogP contribution in [0.5, 0.6) is 11.5 Å². The number of benzene rings is 2. The van der Waals surface area contributed by atoms with Crippen LogP contribution < -0.4 is 10.6 Å². The van der Waals surface area contributed by atoms with Crippen LogP contribution >= 0.6 is 0 Å². The molecule has 0 bridgehead atoms. The molecule has 4 nitrogen and oxygen atoms in total. The molecule has 1 fully saturated rings. The van der Waals surface area contributed by atoms with Crippen LogP contribution in [-0.4, -0.2) is 22.3 Å². The number of phenols is 2. The summed E-state index contributed by atoms with van der Waals surface area (Å²) in [7, 11) is 0. The molecule has 0 saturated heterocycles. The maximum Gasteiger partial charge on any atom is 0.123 e. The molecule has 1 aliphatic rings. The summed E-state index contributed by atoms with van der Waals surface area (Å²) in [5.41, 5.74) is 3.95. The molecule has 2 aromatic rings. The van der Waals surface area contributed by atoms with Crippen molar-refractivity contribution in [2.75, 3.05) is 0 Å². The molecule has 2 atom stereocenters. The highest BCUT2D eigenvalue weighted by Crippen LogP contribution is 2.26. The Morgan fingerprint density at radius 3 is 1.50 bits per heavy atom. The van der Waals surface area contributed by atoms with E-state index in [0.717, 1.165) is 47.9 Å². The lowest BCUT2D eigenvalue weighted by Gasteiger charge is -2.33. The number of nitrogens with one attached hydrogen (secondary N) is 2. The fraction of sp³-hybridized carbons (Fsp3) is 0.500. The Hall–Kier alpha value is -2.04.